The van der Waals surface area contributed by atoms with Crippen LogP contribution in [0.3, 0.4) is 0 Å². The lowest BCUT2D eigenvalue weighted by Gasteiger charge is -2.42. The number of hydrogen-bond acceptors (Lipinski definition) is 8. The van der Waals surface area contributed by atoms with Crippen molar-refractivity contribution >= 4 is 40.8 Å². The molecule has 1 fully saturated rings. The molecule has 4 N–H and O–H groups in total. The molecular formula is C29H31ClN8S. The van der Waals surface area contributed by atoms with Crippen molar-refractivity contribution in [3.05, 3.63) is 70.8 Å². The minimum atomic E-state index is 0.0165. The minimum absolute atomic E-state index is 0.0165. The number of nitrogens with zero attached hydrogens (tertiary/aromatic N) is 6. The predicted molar refractivity (Wildman–Crippen MR) is 157 cm³/mol. The smallest absolute Gasteiger partial charge is 0.211 e. The fraction of sp³-hybridized carbons (Fsp3) is 0.345. The number of rotatable bonds is 4. The zero-order chi connectivity index (χ0) is 27.1. The molecule has 39 heavy (non-hydrogen) atoms. The third-order valence-electron chi connectivity index (χ3n) is 7.83. The van der Waals surface area contributed by atoms with Crippen molar-refractivity contribution in [1.82, 2.24) is 24.3 Å². The van der Waals surface area contributed by atoms with Crippen LogP contribution < -0.4 is 16.4 Å². The van der Waals surface area contributed by atoms with Gasteiger partial charge in [0.25, 0.3) is 0 Å². The van der Waals surface area contributed by atoms with Crippen LogP contribution in [-0.4, -0.2) is 58.0 Å². The zero-order valence-electron chi connectivity index (χ0n) is 22.1. The molecule has 0 bridgehead atoms. The Balaban J connectivity index is 1.19. The molecule has 1 aromatic carbocycles. The number of nitrogen functional groups attached to an aromatic ring is 1. The molecule has 6 rings (SSSR count). The average Bonchev–Trinajstić information content (AvgIpc) is 3.52. The number of anilines is 2. The molecule has 1 spiro atoms. The van der Waals surface area contributed by atoms with E-state index in [0.717, 1.165) is 65.8 Å². The van der Waals surface area contributed by atoms with E-state index in [1.54, 1.807) is 12.4 Å². The molecule has 200 valence electrons. The summed E-state index contributed by atoms with van der Waals surface area (Å²) >= 11 is 7.87. The third-order valence-corrected chi connectivity index (χ3v) is 9.41. The van der Waals surface area contributed by atoms with Gasteiger partial charge in [-0.3, -0.25) is 9.30 Å². The van der Waals surface area contributed by atoms with Gasteiger partial charge in [-0.25, -0.2) is 15.0 Å². The standard InChI is InChI=1S/C29H31ClN8S/c1-36(2)12-3-4-19-5-6-20-17-29(25(31)21(20)16-19)8-13-37(14-9-29)28-35-18-23(27-34-11-15-38(27)28)39-22-7-10-33-26(32)24(22)30/h5-7,10-11,15-16,18,25H,8-9,12-14,17,31H2,1-2H3,(H2,32,33)/t25-/m1/s1. The van der Waals surface area contributed by atoms with Gasteiger partial charge in [0, 0.05) is 54.4 Å². The van der Waals surface area contributed by atoms with Crippen molar-refractivity contribution in [2.75, 3.05) is 44.4 Å². The summed E-state index contributed by atoms with van der Waals surface area (Å²) in [6.07, 6.45) is 10.3. The second kappa shape index (κ2) is 10.4. The summed E-state index contributed by atoms with van der Waals surface area (Å²) in [6.45, 7) is 2.51. The molecule has 1 saturated heterocycles. The molecule has 4 aromatic rings. The first-order valence-corrected chi connectivity index (χ1v) is 14.2. The fourth-order valence-electron chi connectivity index (χ4n) is 5.71. The zero-order valence-corrected chi connectivity index (χ0v) is 23.6. The van der Waals surface area contributed by atoms with E-state index in [2.05, 4.69) is 54.2 Å². The number of nitrogens with two attached hydrogens (primary N) is 2. The molecule has 10 heteroatoms. The Labute approximate surface area is 237 Å². The Hall–Kier alpha value is -3.29. The SMILES string of the molecule is CN(C)CC#Cc1ccc2c(c1)[C@@H](N)C1(CCN(c3ncc(Sc4ccnc(N)c4Cl)c4nccn34)CC1)C2. The monoisotopic (exact) mass is 558 g/mol. The highest BCUT2D eigenvalue weighted by Crippen LogP contribution is 2.51. The van der Waals surface area contributed by atoms with Crippen LogP contribution >= 0.6 is 23.4 Å². The summed E-state index contributed by atoms with van der Waals surface area (Å²) in [4.78, 5) is 19.7. The van der Waals surface area contributed by atoms with Crippen LogP contribution in [0.4, 0.5) is 11.8 Å². The molecule has 0 radical (unpaired) electrons. The second-order valence-electron chi connectivity index (χ2n) is 10.6. The average molecular weight is 559 g/mol. The maximum absolute atomic E-state index is 6.94. The number of benzene rings is 1. The van der Waals surface area contributed by atoms with Crippen molar-refractivity contribution in [1.29, 1.82) is 0 Å². The number of aromatic nitrogens is 4. The molecule has 4 heterocycles. The largest absolute Gasteiger partial charge is 0.382 e. The van der Waals surface area contributed by atoms with Gasteiger partial charge in [-0.05, 0) is 68.1 Å². The van der Waals surface area contributed by atoms with Gasteiger partial charge in [-0.2, -0.15) is 0 Å². The molecule has 0 unspecified atom stereocenters. The first kappa shape index (κ1) is 26.0. The predicted octanol–water partition coefficient (Wildman–Crippen LogP) is 4.27. The van der Waals surface area contributed by atoms with Crippen molar-refractivity contribution in [2.45, 2.75) is 35.1 Å². The van der Waals surface area contributed by atoms with E-state index in [1.807, 2.05) is 32.6 Å². The normalized spacial score (nSPS) is 18.0. The molecule has 1 aliphatic carbocycles. The van der Waals surface area contributed by atoms with Crippen molar-refractivity contribution in [3.8, 4) is 11.8 Å². The maximum atomic E-state index is 6.94. The van der Waals surface area contributed by atoms with Gasteiger partial charge < -0.3 is 16.4 Å². The molecule has 0 saturated carbocycles. The number of pyridine rings is 1. The van der Waals surface area contributed by atoms with Gasteiger partial charge in [0.1, 0.15) is 5.82 Å². The van der Waals surface area contributed by atoms with E-state index in [-0.39, 0.29) is 11.5 Å². The number of halogens is 1. The Bertz CT molecular complexity index is 1600. The summed E-state index contributed by atoms with van der Waals surface area (Å²) in [5.41, 5.74) is 17.4. The minimum Gasteiger partial charge on any atom is -0.382 e. The number of hydrogen-bond donors (Lipinski definition) is 2. The third kappa shape index (κ3) is 4.83. The van der Waals surface area contributed by atoms with Crippen LogP contribution in [0.15, 0.2) is 58.8 Å². The van der Waals surface area contributed by atoms with Crippen LogP contribution in [0, 0.1) is 17.3 Å². The van der Waals surface area contributed by atoms with Crippen LogP contribution in [0.5, 0.6) is 0 Å². The van der Waals surface area contributed by atoms with Gasteiger partial charge in [-0.1, -0.05) is 41.3 Å². The highest BCUT2D eigenvalue weighted by Gasteiger charge is 2.46. The summed E-state index contributed by atoms with van der Waals surface area (Å²) in [7, 11) is 4.05. The maximum Gasteiger partial charge on any atom is 0.211 e. The summed E-state index contributed by atoms with van der Waals surface area (Å²) < 4.78 is 2.06. The Kier molecular flexibility index (Phi) is 6.89. The molecule has 1 aliphatic heterocycles. The lowest BCUT2D eigenvalue weighted by atomic mass is 9.73. The first-order valence-electron chi connectivity index (χ1n) is 13.0. The van der Waals surface area contributed by atoms with Crippen molar-refractivity contribution < 1.29 is 0 Å². The van der Waals surface area contributed by atoms with Crippen LogP contribution in [0.1, 0.15) is 35.6 Å². The highest BCUT2D eigenvalue weighted by atomic mass is 35.5. The van der Waals surface area contributed by atoms with Crippen molar-refractivity contribution in [3.63, 3.8) is 0 Å². The van der Waals surface area contributed by atoms with E-state index in [1.165, 1.54) is 22.9 Å². The van der Waals surface area contributed by atoms with E-state index in [0.29, 0.717) is 10.8 Å². The molecular weight excluding hydrogens is 528 g/mol. The highest BCUT2D eigenvalue weighted by molar-refractivity contribution is 7.99. The van der Waals surface area contributed by atoms with Crippen molar-refractivity contribution in [2.24, 2.45) is 11.1 Å². The molecule has 0 amide bonds. The fourth-order valence-corrected chi connectivity index (χ4v) is 6.85. The van der Waals surface area contributed by atoms with E-state index in [4.69, 9.17) is 28.1 Å². The van der Waals surface area contributed by atoms with E-state index in [9.17, 15) is 0 Å². The lowest BCUT2D eigenvalue weighted by Crippen LogP contribution is -2.45. The van der Waals surface area contributed by atoms with E-state index >= 15 is 0 Å². The van der Waals surface area contributed by atoms with E-state index < -0.39 is 0 Å². The van der Waals surface area contributed by atoms with Crippen LogP contribution in [-0.2, 0) is 6.42 Å². The van der Waals surface area contributed by atoms with Crippen LogP contribution in [0.25, 0.3) is 5.65 Å². The second-order valence-corrected chi connectivity index (χ2v) is 12.1. The van der Waals surface area contributed by atoms with Crippen LogP contribution in [0.2, 0.25) is 5.02 Å². The van der Waals surface area contributed by atoms with Gasteiger partial charge in [0.15, 0.2) is 5.65 Å². The van der Waals surface area contributed by atoms with Gasteiger partial charge in [-0.15, -0.1) is 0 Å². The lowest BCUT2D eigenvalue weighted by molar-refractivity contribution is 0.186. The molecule has 8 nitrogen and oxygen atoms in total. The van der Waals surface area contributed by atoms with Gasteiger partial charge in [0.2, 0.25) is 5.95 Å². The molecule has 1 atom stereocenters. The topological polar surface area (TPSA) is 102 Å². The quantitative estimate of drug-likeness (QED) is 0.358. The molecule has 2 aliphatic rings. The number of imidazole rings is 1. The number of piperidine rings is 1. The summed E-state index contributed by atoms with van der Waals surface area (Å²) in [6, 6.07) is 8.44. The Morgan fingerprint density at radius 1 is 1.13 bits per heavy atom. The van der Waals surface area contributed by atoms with Gasteiger partial charge >= 0.3 is 0 Å². The Morgan fingerprint density at radius 3 is 2.74 bits per heavy atom. The number of fused-ring (bicyclic) bond motifs is 2. The van der Waals surface area contributed by atoms with Gasteiger partial charge in [0.05, 0.1) is 16.5 Å². The summed E-state index contributed by atoms with van der Waals surface area (Å²) in [5, 5.41) is 0.444. The first-order chi connectivity index (χ1) is 18.8. The molecule has 3 aromatic heterocycles. The summed E-state index contributed by atoms with van der Waals surface area (Å²) in [5.74, 6) is 7.74. The Morgan fingerprint density at radius 2 is 1.95 bits per heavy atom.